The fourth-order valence-corrected chi connectivity index (χ4v) is 3.46. The number of nitrogens with zero attached hydrogens (tertiary/aromatic N) is 3. The van der Waals surface area contributed by atoms with E-state index in [-0.39, 0.29) is 5.91 Å². The number of nitrogens with two attached hydrogens (primary N) is 1. The monoisotopic (exact) mass is 288 g/mol. The largest absolute Gasteiger partial charge is 0.397 e. The number of carbonyl (C=O) groups excluding carboxylic acids is 1. The van der Waals surface area contributed by atoms with Gasteiger partial charge in [-0.15, -0.1) is 0 Å². The van der Waals surface area contributed by atoms with Gasteiger partial charge in [0.25, 0.3) is 5.91 Å². The molecule has 1 amide bonds. The van der Waals surface area contributed by atoms with Gasteiger partial charge in [-0.2, -0.15) is 0 Å². The Morgan fingerprint density at radius 2 is 1.86 bits per heavy atom. The predicted octanol–water partition coefficient (Wildman–Crippen LogP) is 1.75. The van der Waals surface area contributed by atoms with Crippen molar-refractivity contribution < 1.29 is 4.79 Å². The van der Waals surface area contributed by atoms with E-state index in [4.69, 9.17) is 5.73 Å². The standard InChI is InChI=1S/C16H24N4O/c17-14-5-4-8-18-15(14)16(21)20-11-6-13(7-12-20)19-9-2-1-3-10-19/h4-5,8,13H,1-3,6-7,9-12,17H2. The van der Waals surface area contributed by atoms with Crippen molar-refractivity contribution in [3.8, 4) is 0 Å². The topological polar surface area (TPSA) is 62.5 Å². The molecule has 2 aliphatic rings. The van der Waals surface area contributed by atoms with Crippen molar-refractivity contribution in [2.24, 2.45) is 0 Å². The molecule has 1 aromatic heterocycles. The zero-order valence-electron chi connectivity index (χ0n) is 12.5. The zero-order chi connectivity index (χ0) is 14.7. The first-order valence-corrected chi connectivity index (χ1v) is 7.99. The summed E-state index contributed by atoms with van der Waals surface area (Å²) in [6, 6.07) is 4.14. The Hall–Kier alpha value is -1.62. The smallest absolute Gasteiger partial charge is 0.274 e. The molecule has 3 heterocycles. The molecule has 3 rings (SSSR count). The Morgan fingerprint density at radius 1 is 1.14 bits per heavy atom. The zero-order valence-corrected chi connectivity index (χ0v) is 12.5. The van der Waals surface area contributed by atoms with Crippen molar-refractivity contribution in [3.05, 3.63) is 24.0 Å². The van der Waals surface area contributed by atoms with Crippen molar-refractivity contribution in [3.63, 3.8) is 0 Å². The van der Waals surface area contributed by atoms with E-state index >= 15 is 0 Å². The molecule has 2 N–H and O–H groups in total. The van der Waals surface area contributed by atoms with Gasteiger partial charge in [-0.1, -0.05) is 6.42 Å². The molecule has 0 aliphatic carbocycles. The third kappa shape index (κ3) is 3.18. The van der Waals surface area contributed by atoms with Gasteiger partial charge in [0.05, 0.1) is 5.69 Å². The Balaban J connectivity index is 1.58. The summed E-state index contributed by atoms with van der Waals surface area (Å²) in [6.07, 6.45) is 7.78. The maximum atomic E-state index is 12.5. The average molecular weight is 288 g/mol. The van der Waals surface area contributed by atoms with Crippen molar-refractivity contribution >= 4 is 11.6 Å². The molecule has 2 aliphatic heterocycles. The van der Waals surface area contributed by atoms with Crippen molar-refractivity contribution in [2.75, 3.05) is 31.9 Å². The lowest BCUT2D eigenvalue weighted by atomic mass is 9.99. The summed E-state index contributed by atoms with van der Waals surface area (Å²) in [5.41, 5.74) is 6.72. The maximum Gasteiger partial charge on any atom is 0.274 e. The summed E-state index contributed by atoms with van der Waals surface area (Å²) in [4.78, 5) is 21.1. The number of likely N-dealkylation sites (tertiary alicyclic amines) is 2. The van der Waals surface area contributed by atoms with Gasteiger partial charge in [0.1, 0.15) is 0 Å². The van der Waals surface area contributed by atoms with E-state index in [1.807, 2.05) is 4.90 Å². The van der Waals surface area contributed by atoms with Crippen molar-refractivity contribution in [1.29, 1.82) is 0 Å². The first-order chi connectivity index (χ1) is 10.3. The van der Waals surface area contributed by atoms with Gasteiger partial charge in [-0.05, 0) is 50.9 Å². The number of nitrogen functional groups attached to an aromatic ring is 1. The molecule has 0 radical (unpaired) electrons. The number of anilines is 1. The lowest BCUT2D eigenvalue weighted by Gasteiger charge is -2.40. The molecular weight excluding hydrogens is 264 g/mol. The quantitative estimate of drug-likeness (QED) is 0.900. The van der Waals surface area contributed by atoms with E-state index in [0.717, 1.165) is 25.9 Å². The van der Waals surface area contributed by atoms with E-state index in [0.29, 0.717) is 17.4 Å². The minimum Gasteiger partial charge on any atom is -0.397 e. The normalized spacial score (nSPS) is 21.4. The van der Waals surface area contributed by atoms with E-state index < -0.39 is 0 Å². The summed E-state index contributed by atoms with van der Waals surface area (Å²) < 4.78 is 0. The number of pyridine rings is 1. The molecule has 5 nitrogen and oxygen atoms in total. The van der Waals surface area contributed by atoms with Crippen LogP contribution in [-0.2, 0) is 0 Å². The van der Waals surface area contributed by atoms with Crippen LogP contribution < -0.4 is 5.73 Å². The number of amides is 1. The Morgan fingerprint density at radius 3 is 2.52 bits per heavy atom. The summed E-state index contributed by atoms with van der Waals surface area (Å²) in [7, 11) is 0. The van der Waals surface area contributed by atoms with Crippen LogP contribution in [-0.4, -0.2) is 52.9 Å². The van der Waals surface area contributed by atoms with Gasteiger partial charge in [-0.25, -0.2) is 4.98 Å². The molecule has 0 spiro atoms. The number of hydrogen-bond donors (Lipinski definition) is 1. The van der Waals surface area contributed by atoms with Gasteiger partial charge >= 0.3 is 0 Å². The predicted molar refractivity (Wildman–Crippen MR) is 83.0 cm³/mol. The molecule has 0 aromatic carbocycles. The fourth-order valence-electron chi connectivity index (χ4n) is 3.46. The summed E-state index contributed by atoms with van der Waals surface area (Å²) in [5.74, 6) is -0.0230. The first-order valence-electron chi connectivity index (χ1n) is 7.99. The number of aromatic nitrogens is 1. The highest BCUT2D eigenvalue weighted by atomic mass is 16.2. The average Bonchev–Trinajstić information content (AvgIpc) is 2.56. The first kappa shape index (κ1) is 14.3. The summed E-state index contributed by atoms with van der Waals surface area (Å²) >= 11 is 0. The molecule has 0 unspecified atom stereocenters. The molecule has 0 bridgehead atoms. The van der Waals surface area contributed by atoms with Crippen LogP contribution in [0.15, 0.2) is 18.3 Å². The van der Waals surface area contributed by atoms with Crippen LogP contribution in [0.2, 0.25) is 0 Å². The molecule has 1 aromatic rings. The minimum atomic E-state index is -0.0230. The molecule has 114 valence electrons. The van der Waals surface area contributed by atoms with Crippen LogP contribution in [0.3, 0.4) is 0 Å². The molecule has 2 saturated heterocycles. The molecular formula is C16H24N4O. The van der Waals surface area contributed by atoms with Gasteiger partial charge in [0, 0.05) is 25.3 Å². The van der Waals surface area contributed by atoms with Crippen LogP contribution in [0.1, 0.15) is 42.6 Å². The van der Waals surface area contributed by atoms with Crippen LogP contribution >= 0.6 is 0 Å². The number of carbonyl (C=O) groups is 1. The van der Waals surface area contributed by atoms with Gasteiger partial charge in [-0.3, -0.25) is 4.79 Å². The van der Waals surface area contributed by atoms with E-state index in [9.17, 15) is 4.79 Å². The number of piperidine rings is 2. The molecule has 2 fully saturated rings. The Kier molecular flexibility index (Phi) is 4.39. The number of rotatable bonds is 2. The lowest BCUT2D eigenvalue weighted by molar-refractivity contribution is 0.0586. The third-order valence-electron chi connectivity index (χ3n) is 4.70. The van der Waals surface area contributed by atoms with Crippen LogP contribution in [0.25, 0.3) is 0 Å². The lowest BCUT2D eigenvalue weighted by Crippen LogP contribution is -2.48. The van der Waals surface area contributed by atoms with Gasteiger partial charge in [0.2, 0.25) is 0 Å². The maximum absolute atomic E-state index is 12.5. The van der Waals surface area contributed by atoms with E-state index in [1.54, 1.807) is 18.3 Å². The Bertz CT molecular complexity index is 491. The number of hydrogen-bond acceptors (Lipinski definition) is 4. The van der Waals surface area contributed by atoms with E-state index in [1.165, 1.54) is 32.4 Å². The van der Waals surface area contributed by atoms with Crippen LogP contribution in [0.5, 0.6) is 0 Å². The van der Waals surface area contributed by atoms with Gasteiger partial charge < -0.3 is 15.5 Å². The van der Waals surface area contributed by atoms with Crippen molar-refractivity contribution in [1.82, 2.24) is 14.8 Å². The molecule has 21 heavy (non-hydrogen) atoms. The van der Waals surface area contributed by atoms with Gasteiger partial charge in [0.15, 0.2) is 5.69 Å². The third-order valence-corrected chi connectivity index (χ3v) is 4.70. The molecule has 0 saturated carbocycles. The highest BCUT2D eigenvalue weighted by Gasteiger charge is 2.28. The van der Waals surface area contributed by atoms with E-state index in [2.05, 4.69) is 9.88 Å². The minimum absolute atomic E-state index is 0.0230. The molecule has 0 atom stereocenters. The second kappa shape index (κ2) is 6.43. The highest BCUT2D eigenvalue weighted by Crippen LogP contribution is 2.22. The fraction of sp³-hybridized carbons (Fsp3) is 0.625. The Labute approximate surface area is 126 Å². The second-order valence-corrected chi connectivity index (χ2v) is 6.06. The highest BCUT2D eigenvalue weighted by molar-refractivity contribution is 5.97. The summed E-state index contributed by atoms with van der Waals surface area (Å²) in [6.45, 7) is 4.09. The SMILES string of the molecule is Nc1cccnc1C(=O)N1CCC(N2CCCCC2)CC1. The summed E-state index contributed by atoms with van der Waals surface area (Å²) in [5, 5.41) is 0. The van der Waals surface area contributed by atoms with Crippen molar-refractivity contribution in [2.45, 2.75) is 38.1 Å². The second-order valence-electron chi connectivity index (χ2n) is 6.06. The van der Waals surface area contributed by atoms with Crippen LogP contribution in [0, 0.1) is 0 Å². The molecule has 5 heteroatoms. The van der Waals surface area contributed by atoms with Crippen LogP contribution in [0.4, 0.5) is 5.69 Å².